The van der Waals surface area contributed by atoms with Crippen LogP contribution in [-0.2, 0) is 16.0 Å². The molecule has 1 fully saturated rings. The summed E-state index contributed by atoms with van der Waals surface area (Å²) in [7, 11) is 0. The molecular weight excluding hydrogens is 384 g/mol. The van der Waals surface area contributed by atoms with E-state index in [4.69, 9.17) is 9.47 Å². The van der Waals surface area contributed by atoms with Gasteiger partial charge in [-0.2, -0.15) is 5.10 Å². The standard InChI is InChI=1S/C22H24N4O4/c1-15-10-20(16(2)25(15)11-19-4-3-9-29-19)21(27)12-30-22(28)17-5-7-18(8-6-17)26-14-23-13-24-26/h5-8,10,13-14,19H,3-4,9,11-12H2,1-2H3/t19-/m0/s1. The van der Waals surface area contributed by atoms with Gasteiger partial charge in [0.25, 0.3) is 0 Å². The van der Waals surface area contributed by atoms with Gasteiger partial charge in [0.15, 0.2) is 6.61 Å². The third-order valence-corrected chi connectivity index (χ3v) is 5.40. The number of hydrogen-bond donors (Lipinski definition) is 0. The predicted molar refractivity (Wildman–Crippen MR) is 109 cm³/mol. The van der Waals surface area contributed by atoms with Crippen LogP contribution in [0.4, 0.5) is 0 Å². The van der Waals surface area contributed by atoms with Crippen molar-refractivity contribution in [3.05, 3.63) is 65.5 Å². The van der Waals surface area contributed by atoms with Crippen LogP contribution in [0.5, 0.6) is 0 Å². The van der Waals surface area contributed by atoms with Crippen LogP contribution in [0.3, 0.4) is 0 Å². The number of hydrogen-bond acceptors (Lipinski definition) is 6. The maximum atomic E-state index is 12.7. The summed E-state index contributed by atoms with van der Waals surface area (Å²) in [5.41, 5.74) is 3.61. The minimum Gasteiger partial charge on any atom is -0.454 e. The number of ether oxygens (including phenoxy) is 2. The van der Waals surface area contributed by atoms with Crippen molar-refractivity contribution < 1.29 is 19.1 Å². The molecule has 1 saturated heterocycles. The van der Waals surface area contributed by atoms with Crippen molar-refractivity contribution in [2.75, 3.05) is 13.2 Å². The summed E-state index contributed by atoms with van der Waals surface area (Å²) in [6, 6.07) is 8.61. The van der Waals surface area contributed by atoms with Crippen LogP contribution in [0.25, 0.3) is 5.69 Å². The van der Waals surface area contributed by atoms with Crippen molar-refractivity contribution in [3.63, 3.8) is 0 Å². The number of esters is 1. The molecule has 0 aliphatic carbocycles. The third-order valence-electron chi connectivity index (χ3n) is 5.40. The van der Waals surface area contributed by atoms with Crippen LogP contribution in [0.1, 0.15) is 44.9 Å². The highest BCUT2D eigenvalue weighted by Gasteiger charge is 2.22. The van der Waals surface area contributed by atoms with Crippen molar-refractivity contribution in [2.24, 2.45) is 0 Å². The lowest BCUT2D eigenvalue weighted by atomic mass is 10.1. The molecule has 0 bridgehead atoms. The smallest absolute Gasteiger partial charge is 0.338 e. The molecule has 0 radical (unpaired) electrons. The largest absolute Gasteiger partial charge is 0.454 e. The van der Waals surface area contributed by atoms with Crippen LogP contribution in [0, 0.1) is 13.8 Å². The molecule has 1 aliphatic heterocycles. The quantitative estimate of drug-likeness (QED) is 0.441. The maximum Gasteiger partial charge on any atom is 0.338 e. The molecule has 8 nitrogen and oxygen atoms in total. The fourth-order valence-corrected chi connectivity index (χ4v) is 3.74. The monoisotopic (exact) mass is 408 g/mol. The highest BCUT2D eigenvalue weighted by Crippen LogP contribution is 2.21. The van der Waals surface area contributed by atoms with Gasteiger partial charge < -0.3 is 14.0 Å². The SMILES string of the molecule is Cc1cc(C(=O)COC(=O)c2ccc(-n3cncn3)cc2)c(C)n1C[C@@H]1CCCO1. The lowest BCUT2D eigenvalue weighted by molar-refractivity contribution is 0.0474. The summed E-state index contributed by atoms with van der Waals surface area (Å²) in [6.07, 6.45) is 5.31. The molecule has 2 aromatic heterocycles. The zero-order chi connectivity index (χ0) is 21.1. The van der Waals surface area contributed by atoms with Crippen molar-refractivity contribution in [3.8, 4) is 5.69 Å². The molecule has 4 rings (SSSR count). The fraction of sp³-hybridized carbons (Fsp3) is 0.364. The topological polar surface area (TPSA) is 88.2 Å². The van der Waals surface area contributed by atoms with E-state index in [9.17, 15) is 9.59 Å². The Morgan fingerprint density at radius 3 is 2.70 bits per heavy atom. The van der Waals surface area contributed by atoms with Gasteiger partial charge in [-0.15, -0.1) is 0 Å². The lowest BCUT2D eigenvalue weighted by Crippen LogP contribution is -2.18. The molecule has 8 heteroatoms. The average Bonchev–Trinajstić information content (AvgIpc) is 3.51. The number of carbonyl (C=O) groups is 2. The molecule has 3 heterocycles. The van der Waals surface area contributed by atoms with Crippen LogP contribution < -0.4 is 0 Å². The number of rotatable bonds is 7. The summed E-state index contributed by atoms with van der Waals surface area (Å²) < 4.78 is 14.7. The number of ketones is 1. The summed E-state index contributed by atoms with van der Waals surface area (Å²) >= 11 is 0. The van der Waals surface area contributed by atoms with E-state index in [1.54, 1.807) is 35.3 Å². The molecule has 0 unspecified atom stereocenters. The van der Waals surface area contributed by atoms with Gasteiger partial charge in [-0.3, -0.25) is 4.79 Å². The lowest BCUT2D eigenvalue weighted by Gasteiger charge is -2.14. The van der Waals surface area contributed by atoms with Crippen molar-refractivity contribution >= 4 is 11.8 Å². The maximum absolute atomic E-state index is 12.7. The first-order chi connectivity index (χ1) is 14.5. The van der Waals surface area contributed by atoms with Crippen LogP contribution in [-0.4, -0.2) is 50.4 Å². The van der Waals surface area contributed by atoms with E-state index >= 15 is 0 Å². The fourth-order valence-electron chi connectivity index (χ4n) is 3.74. The van der Waals surface area contributed by atoms with E-state index < -0.39 is 5.97 Å². The number of aryl methyl sites for hydroxylation is 1. The van der Waals surface area contributed by atoms with Crippen molar-refractivity contribution in [1.82, 2.24) is 19.3 Å². The molecule has 3 aromatic rings. The highest BCUT2D eigenvalue weighted by molar-refractivity contribution is 6.00. The zero-order valence-corrected chi connectivity index (χ0v) is 17.1. The second-order valence-electron chi connectivity index (χ2n) is 7.42. The number of benzene rings is 1. The Morgan fingerprint density at radius 1 is 1.23 bits per heavy atom. The van der Waals surface area contributed by atoms with E-state index in [1.807, 2.05) is 19.9 Å². The molecule has 1 atom stereocenters. The van der Waals surface area contributed by atoms with Gasteiger partial charge in [0.05, 0.1) is 17.4 Å². The molecule has 0 saturated carbocycles. The van der Waals surface area contributed by atoms with E-state index in [0.717, 1.165) is 43.1 Å². The first-order valence-electron chi connectivity index (χ1n) is 9.96. The van der Waals surface area contributed by atoms with Gasteiger partial charge in [-0.05, 0) is 57.0 Å². The number of Topliss-reactive ketones (excluding diaryl/α,β-unsaturated/α-hetero) is 1. The molecule has 0 amide bonds. The van der Waals surface area contributed by atoms with E-state index in [-0.39, 0.29) is 18.5 Å². The van der Waals surface area contributed by atoms with Gasteiger partial charge in [-0.25, -0.2) is 14.5 Å². The summed E-state index contributed by atoms with van der Waals surface area (Å²) in [5, 5.41) is 4.04. The van der Waals surface area contributed by atoms with Crippen molar-refractivity contribution in [2.45, 2.75) is 39.3 Å². The second-order valence-corrected chi connectivity index (χ2v) is 7.42. The normalized spacial score (nSPS) is 16.0. The predicted octanol–water partition coefficient (Wildman–Crippen LogP) is 2.90. The Labute approximate surface area is 174 Å². The van der Waals surface area contributed by atoms with Crippen LogP contribution >= 0.6 is 0 Å². The van der Waals surface area contributed by atoms with E-state index in [2.05, 4.69) is 14.6 Å². The number of nitrogens with zero attached hydrogens (tertiary/aromatic N) is 4. The summed E-state index contributed by atoms with van der Waals surface area (Å²) in [6.45, 7) is 5.13. The van der Waals surface area contributed by atoms with E-state index in [1.165, 1.54) is 6.33 Å². The Morgan fingerprint density at radius 2 is 2.03 bits per heavy atom. The minimum atomic E-state index is -0.540. The molecule has 1 aliphatic rings. The molecule has 1 aromatic carbocycles. The first-order valence-corrected chi connectivity index (χ1v) is 9.96. The summed E-state index contributed by atoms with van der Waals surface area (Å²) in [5.74, 6) is -0.754. The van der Waals surface area contributed by atoms with Crippen LogP contribution in [0.2, 0.25) is 0 Å². The molecule has 0 spiro atoms. The van der Waals surface area contributed by atoms with Crippen molar-refractivity contribution in [1.29, 1.82) is 0 Å². The molecule has 0 N–H and O–H groups in total. The molecule has 30 heavy (non-hydrogen) atoms. The number of carbonyl (C=O) groups excluding carboxylic acids is 2. The minimum absolute atomic E-state index is 0.191. The first kappa shape index (κ1) is 20.0. The van der Waals surface area contributed by atoms with Gasteiger partial charge in [-0.1, -0.05) is 0 Å². The second kappa shape index (κ2) is 8.62. The Kier molecular flexibility index (Phi) is 5.76. The zero-order valence-electron chi connectivity index (χ0n) is 17.1. The highest BCUT2D eigenvalue weighted by atomic mass is 16.5. The van der Waals surface area contributed by atoms with Crippen LogP contribution in [0.15, 0.2) is 43.0 Å². The third kappa shape index (κ3) is 4.18. The Hall–Kier alpha value is -3.26. The average molecular weight is 408 g/mol. The van der Waals surface area contributed by atoms with Gasteiger partial charge in [0.1, 0.15) is 12.7 Å². The van der Waals surface area contributed by atoms with Gasteiger partial charge >= 0.3 is 5.97 Å². The van der Waals surface area contributed by atoms with E-state index in [0.29, 0.717) is 11.1 Å². The summed E-state index contributed by atoms with van der Waals surface area (Å²) in [4.78, 5) is 28.9. The van der Waals surface area contributed by atoms with Gasteiger partial charge in [0.2, 0.25) is 5.78 Å². The molecule has 156 valence electrons. The van der Waals surface area contributed by atoms with Gasteiger partial charge in [0, 0.05) is 30.1 Å². The molecular formula is C22H24N4O4. The number of aromatic nitrogens is 4. The Balaban J connectivity index is 1.37. The Bertz CT molecular complexity index is 1030.